The Labute approximate surface area is 224 Å². The Morgan fingerprint density at radius 3 is 2.05 bits per heavy atom. The molecule has 2 amide bonds. The molecule has 0 bridgehead atoms. The van der Waals surface area contributed by atoms with E-state index in [9.17, 15) is 14.4 Å². The van der Waals surface area contributed by atoms with E-state index in [1.807, 2.05) is 42.5 Å². The average Bonchev–Trinajstić information content (AvgIpc) is 2.94. The van der Waals surface area contributed by atoms with Crippen LogP contribution in [0, 0.1) is 0 Å². The zero-order chi connectivity index (χ0) is 27.2. The minimum atomic E-state index is -0.875. The maximum Gasteiger partial charge on any atom is 0.397 e. The molecule has 3 rings (SSSR count). The molecule has 0 atom stereocenters. The highest BCUT2D eigenvalue weighted by molar-refractivity contribution is 6.32. The molecule has 0 unspecified atom stereocenters. The standard InChI is InChI=1S/C31H36N2O5/c1-3-5-6-10-21-38-28-19-15-26(16-20-28)29(34)32-27-17-13-25(14-18-27)23-33(30(35)31(36)37-4-2)22-24-11-8-7-9-12-24/h7-9,11-20H,3-6,10,21-23H2,1-2H3,(H,32,34). The third kappa shape index (κ3) is 9.07. The highest BCUT2D eigenvalue weighted by Crippen LogP contribution is 2.17. The van der Waals surface area contributed by atoms with Crippen LogP contribution in [-0.2, 0) is 27.4 Å². The minimum absolute atomic E-state index is 0.132. The first kappa shape index (κ1) is 28.4. The molecule has 1 N–H and O–H groups in total. The van der Waals surface area contributed by atoms with Crippen molar-refractivity contribution in [2.75, 3.05) is 18.5 Å². The van der Waals surface area contributed by atoms with E-state index in [0.29, 0.717) is 17.9 Å². The molecule has 200 valence electrons. The van der Waals surface area contributed by atoms with E-state index in [1.165, 1.54) is 17.7 Å². The molecule has 0 radical (unpaired) electrons. The quantitative estimate of drug-likeness (QED) is 0.171. The molecule has 7 nitrogen and oxygen atoms in total. The molecule has 0 aliphatic heterocycles. The van der Waals surface area contributed by atoms with Crippen molar-refractivity contribution in [3.63, 3.8) is 0 Å². The van der Waals surface area contributed by atoms with Crippen LogP contribution in [0.25, 0.3) is 0 Å². The van der Waals surface area contributed by atoms with E-state index in [1.54, 1.807) is 43.3 Å². The summed E-state index contributed by atoms with van der Waals surface area (Å²) in [6.45, 7) is 5.14. The van der Waals surface area contributed by atoms with Crippen molar-refractivity contribution in [3.8, 4) is 5.75 Å². The van der Waals surface area contributed by atoms with Gasteiger partial charge in [0.05, 0.1) is 13.2 Å². The Morgan fingerprint density at radius 2 is 1.42 bits per heavy atom. The van der Waals surface area contributed by atoms with Crippen LogP contribution in [0.2, 0.25) is 0 Å². The number of nitrogens with one attached hydrogen (secondary N) is 1. The number of benzene rings is 3. The molecule has 38 heavy (non-hydrogen) atoms. The van der Waals surface area contributed by atoms with Crippen LogP contribution in [0.3, 0.4) is 0 Å². The summed E-state index contributed by atoms with van der Waals surface area (Å²) >= 11 is 0. The summed E-state index contributed by atoms with van der Waals surface area (Å²) in [6.07, 6.45) is 4.57. The Balaban J connectivity index is 1.58. The largest absolute Gasteiger partial charge is 0.494 e. The number of ether oxygens (including phenoxy) is 2. The summed E-state index contributed by atoms with van der Waals surface area (Å²) in [6, 6.07) is 23.7. The molecule has 0 fully saturated rings. The van der Waals surface area contributed by atoms with Gasteiger partial charge < -0.3 is 19.7 Å². The van der Waals surface area contributed by atoms with Gasteiger partial charge >= 0.3 is 11.9 Å². The van der Waals surface area contributed by atoms with Gasteiger partial charge in [0.15, 0.2) is 0 Å². The minimum Gasteiger partial charge on any atom is -0.494 e. The van der Waals surface area contributed by atoms with Crippen LogP contribution in [0.4, 0.5) is 5.69 Å². The molecule has 0 saturated heterocycles. The summed E-state index contributed by atoms with van der Waals surface area (Å²) < 4.78 is 10.7. The first-order chi connectivity index (χ1) is 18.5. The van der Waals surface area contributed by atoms with Gasteiger partial charge in [0.1, 0.15) is 5.75 Å². The molecule has 0 aliphatic carbocycles. The van der Waals surface area contributed by atoms with Gasteiger partial charge in [-0.1, -0.05) is 68.7 Å². The smallest absolute Gasteiger partial charge is 0.397 e. The molecule has 0 heterocycles. The first-order valence-corrected chi connectivity index (χ1v) is 13.1. The molecular weight excluding hydrogens is 480 g/mol. The molecule has 7 heteroatoms. The normalized spacial score (nSPS) is 10.5. The number of carbonyl (C=O) groups excluding carboxylic acids is 3. The predicted molar refractivity (Wildman–Crippen MR) is 148 cm³/mol. The zero-order valence-electron chi connectivity index (χ0n) is 22.2. The summed E-state index contributed by atoms with van der Waals surface area (Å²) in [5.74, 6) is -1.04. The monoisotopic (exact) mass is 516 g/mol. The number of carbonyl (C=O) groups is 3. The van der Waals surface area contributed by atoms with E-state index in [2.05, 4.69) is 12.2 Å². The van der Waals surface area contributed by atoms with Crippen molar-refractivity contribution >= 4 is 23.5 Å². The highest BCUT2D eigenvalue weighted by Gasteiger charge is 2.23. The van der Waals surface area contributed by atoms with Crippen LogP contribution in [0.1, 0.15) is 61.0 Å². The van der Waals surface area contributed by atoms with Crippen molar-refractivity contribution in [3.05, 3.63) is 95.6 Å². The summed E-state index contributed by atoms with van der Waals surface area (Å²) in [7, 11) is 0. The third-order valence-corrected chi connectivity index (χ3v) is 5.92. The van der Waals surface area contributed by atoms with Gasteiger partial charge in [-0.25, -0.2) is 4.79 Å². The molecule has 3 aromatic carbocycles. The highest BCUT2D eigenvalue weighted by atomic mass is 16.5. The number of esters is 1. The van der Waals surface area contributed by atoms with E-state index in [0.717, 1.165) is 29.7 Å². The number of nitrogens with zero attached hydrogens (tertiary/aromatic N) is 1. The molecule has 0 spiro atoms. The Kier molecular flexibility index (Phi) is 11.4. The fourth-order valence-electron chi connectivity index (χ4n) is 3.86. The van der Waals surface area contributed by atoms with Crippen LogP contribution in [-0.4, -0.2) is 35.9 Å². The first-order valence-electron chi connectivity index (χ1n) is 13.1. The van der Waals surface area contributed by atoms with Gasteiger partial charge in [0.25, 0.3) is 5.91 Å². The lowest BCUT2D eigenvalue weighted by molar-refractivity contribution is -0.160. The Morgan fingerprint density at radius 1 is 0.763 bits per heavy atom. The predicted octanol–water partition coefficient (Wildman–Crippen LogP) is 5.99. The van der Waals surface area contributed by atoms with Gasteiger partial charge in [-0.05, 0) is 60.9 Å². The van der Waals surface area contributed by atoms with Crippen molar-refractivity contribution in [2.45, 2.75) is 52.6 Å². The molecule has 0 saturated carbocycles. The van der Waals surface area contributed by atoms with Crippen molar-refractivity contribution in [1.82, 2.24) is 4.90 Å². The lowest BCUT2D eigenvalue weighted by atomic mass is 10.1. The van der Waals surface area contributed by atoms with Crippen LogP contribution in [0.15, 0.2) is 78.9 Å². The van der Waals surface area contributed by atoms with E-state index in [-0.39, 0.29) is 25.6 Å². The van der Waals surface area contributed by atoms with Gasteiger partial charge in [-0.15, -0.1) is 0 Å². The zero-order valence-corrected chi connectivity index (χ0v) is 22.2. The molecular formula is C31H36N2O5. The second-order valence-corrected chi connectivity index (χ2v) is 8.95. The summed E-state index contributed by atoms with van der Waals surface area (Å²) in [4.78, 5) is 39.0. The maximum atomic E-state index is 12.7. The summed E-state index contributed by atoms with van der Waals surface area (Å²) in [5.41, 5.74) is 2.88. The number of hydrogen-bond donors (Lipinski definition) is 1. The van der Waals surface area contributed by atoms with E-state index >= 15 is 0 Å². The van der Waals surface area contributed by atoms with Crippen LogP contribution >= 0.6 is 0 Å². The number of unbranched alkanes of at least 4 members (excludes halogenated alkanes) is 3. The topological polar surface area (TPSA) is 84.9 Å². The average molecular weight is 517 g/mol. The number of anilines is 1. The van der Waals surface area contributed by atoms with Gasteiger partial charge in [-0.2, -0.15) is 0 Å². The van der Waals surface area contributed by atoms with Gasteiger partial charge in [0.2, 0.25) is 0 Å². The second-order valence-electron chi connectivity index (χ2n) is 8.95. The van der Waals surface area contributed by atoms with Crippen molar-refractivity contribution in [1.29, 1.82) is 0 Å². The lowest BCUT2D eigenvalue weighted by Crippen LogP contribution is -2.36. The van der Waals surface area contributed by atoms with E-state index in [4.69, 9.17) is 9.47 Å². The number of hydrogen-bond acceptors (Lipinski definition) is 5. The third-order valence-electron chi connectivity index (χ3n) is 5.92. The fraction of sp³-hybridized carbons (Fsp3) is 0.323. The summed E-state index contributed by atoms with van der Waals surface area (Å²) in [5, 5.41) is 2.89. The Hall–Kier alpha value is -4.13. The molecule has 3 aromatic rings. The van der Waals surface area contributed by atoms with Gasteiger partial charge in [0, 0.05) is 24.3 Å². The van der Waals surface area contributed by atoms with Crippen LogP contribution in [0.5, 0.6) is 5.75 Å². The lowest BCUT2D eigenvalue weighted by Gasteiger charge is -2.22. The second kappa shape index (κ2) is 15.2. The fourth-order valence-corrected chi connectivity index (χ4v) is 3.86. The SMILES string of the molecule is CCCCCCOc1ccc(C(=O)Nc2ccc(CN(Cc3ccccc3)C(=O)C(=O)OCC)cc2)cc1. The van der Waals surface area contributed by atoms with E-state index < -0.39 is 11.9 Å². The number of rotatable bonds is 13. The maximum absolute atomic E-state index is 12.7. The van der Waals surface area contributed by atoms with Gasteiger partial charge in [-0.3, -0.25) is 9.59 Å². The van der Waals surface area contributed by atoms with Crippen molar-refractivity contribution in [2.24, 2.45) is 0 Å². The number of amides is 2. The Bertz CT molecular complexity index is 1160. The van der Waals surface area contributed by atoms with Crippen LogP contribution < -0.4 is 10.1 Å². The molecule has 0 aromatic heterocycles. The van der Waals surface area contributed by atoms with Crippen molar-refractivity contribution < 1.29 is 23.9 Å². The molecule has 0 aliphatic rings.